The number of amides is 3. The molecule has 2 unspecified atom stereocenters. The van der Waals surface area contributed by atoms with Gasteiger partial charge in [-0.2, -0.15) is 0 Å². The van der Waals surface area contributed by atoms with Gasteiger partial charge in [0.05, 0.1) is 11.4 Å². The molecular formula is C18H24N4O5. The van der Waals surface area contributed by atoms with E-state index in [1.54, 1.807) is 31.0 Å². The fourth-order valence-electron chi connectivity index (χ4n) is 2.82. The highest BCUT2D eigenvalue weighted by atomic mass is 16.4. The maximum atomic E-state index is 12.9. The number of likely N-dealkylation sites (N-methyl/N-ethyl adjacent to an activating group) is 1. The Labute approximate surface area is 157 Å². The summed E-state index contributed by atoms with van der Waals surface area (Å²) in [5.41, 5.74) is 1.53. The minimum absolute atomic E-state index is 0.0479. The highest BCUT2D eigenvalue weighted by Crippen LogP contribution is 2.32. The molecule has 0 saturated heterocycles. The van der Waals surface area contributed by atoms with E-state index in [1.165, 1.54) is 24.8 Å². The van der Waals surface area contributed by atoms with Gasteiger partial charge in [0.1, 0.15) is 12.1 Å². The third-order valence-corrected chi connectivity index (χ3v) is 4.65. The van der Waals surface area contributed by atoms with Gasteiger partial charge in [0.2, 0.25) is 11.8 Å². The molecule has 1 aliphatic rings. The third kappa shape index (κ3) is 4.36. The molecule has 0 bridgehead atoms. The van der Waals surface area contributed by atoms with E-state index >= 15 is 0 Å². The summed E-state index contributed by atoms with van der Waals surface area (Å²) >= 11 is 0. The Kier molecular flexibility index (Phi) is 6.04. The van der Waals surface area contributed by atoms with Crippen LogP contribution in [0.15, 0.2) is 18.2 Å². The minimum atomic E-state index is -1.15. The first-order valence-electron chi connectivity index (χ1n) is 8.59. The van der Waals surface area contributed by atoms with Crippen LogP contribution < -0.4 is 15.5 Å². The first kappa shape index (κ1) is 20.2. The van der Waals surface area contributed by atoms with Crippen molar-refractivity contribution in [2.24, 2.45) is 0 Å². The molecular weight excluding hydrogens is 352 g/mol. The quantitative estimate of drug-likeness (QED) is 0.666. The molecule has 2 atom stereocenters. The van der Waals surface area contributed by atoms with Crippen LogP contribution in [0.25, 0.3) is 0 Å². The lowest BCUT2D eigenvalue weighted by Gasteiger charge is -2.33. The van der Waals surface area contributed by atoms with Crippen LogP contribution in [0.2, 0.25) is 0 Å². The molecule has 1 heterocycles. The number of carboxylic acid groups (broad SMARTS) is 1. The van der Waals surface area contributed by atoms with Crippen LogP contribution in [-0.2, 0) is 14.4 Å². The maximum Gasteiger partial charge on any atom is 0.326 e. The van der Waals surface area contributed by atoms with Gasteiger partial charge in [-0.25, -0.2) is 4.79 Å². The zero-order chi connectivity index (χ0) is 20.3. The lowest BCUT2D eigenvalue weighted by Crippen LogP contribution is -2.47. The molecule has 0 aromatic heterocycles. The number of hydrogen-bond donors (Lipinski definition) is 3. The molecule has 0 saturated carbocycles. The van der Waals surface area contributed by atoms with E-state index in [0.29, 0.717) is 5.69 Å². The molecule has 3 amide bonds. The van der Waals surface area contributed by atoms with Crippen molar-refractivity contribution in [1.82, 2.24) is 10.2 Å². The van der Waals surface area contributed by atoms with Crippen LogP contribution >= 0.6 is 0 Å². The number of nitrogens with zero attached hydrogens (tertiary/aromatic N) is 2. The van der Waals surface area contributed by atoms with Crippen molar-refractivity contribution >= 4 is 35.1 Å². The predicted octanol–water partition coefficient (Wildman–Crippen LogP) is 0.515. The molecule has 3 N–H and O–H groups in total. The summed E-state index contributed by atoms with van der Waals surface area (Å²) in [7, 11) is 1.79. The maximum absolute atomic E-state index is 12.9. The van der Waals surface area contributed by atoms with E-state index in [9.17, 15) is 24.3 Å². The second kappa shape index (κ2) is 8.07. The summed E-state index contributed by atoms with van der Waals surface area (Å²) in [4.78, 5) is 50.3. The molecule has 2 rings (SSSR count). The molecule has 0 aliphatic carbocycles. The molecule has 0 spiro atoms. The number of fused-ring (bicyclic) bond motifs is 1. The van der Waals surface area contributed by atoms with Crippen LogP contribution in [0.1, 0.15) is 31.1 Å². The number of nitrogens with one attached hydrogen (secondary N) is 2. The zero-order valence-corrected chi connectivity index (χ0v) is 15.8. The summed E-state index contributed by atoms with van der Waals surface area (Å²) in [6, 6.07) is 3.45. The van der Waals surface area contributed by atoms with Crippen molar-refractivity contribution in [3.8, 4) is 0 Å². The second-order valence-corrected chi connectivity index (χ2v) is 6.50. The van der Waals surface area contributed by atoms with Gasteiger partial charge in [-0.3, -0.25) is 14.4 Å². The topological polar surface area (TPSA) is 119 Å². The van der Waals surface area contributed by atoms with Crippen LogP contribution in [0, 0.1) is 0 Å². The first-order valence-corrected chi connectivity index (χ1v) is 8.59. The van der Waals surface area contributed by atoms with Crippen molar-refractivity contribution in [2.75, 3.05) is 30.4 Å². The van der Waals surface area contributed by atoms with E-state index in [0.717, 1.165) is 5.69 Å². The summed E-state index contributed by atoms with van der Waals surface area (Å²) in [5.74, 6) is -2.09. The third-order valence-electron chi connectivity index (χ3n) is 4.65. The van der Waals surface area contributed by atoms with Crippen molar-refractivity contribution < 1.29 is 24.3 Å². The van der Waals surface area contributed by atoms with E-state index in [2.05, 4.69) is 10.6 Å². The molecule has 0 fully saturated rings. The number of rotatable bonds is 6. The standard InChI is InChI=1S/C18H24N4O5/c1-10-16(24)20-14-9-13(5-6-15(14)21(10)4)17(25)22(11(2)18(26)27)8-7-19-12(3)23/h5-6,9-11H,7-8H2,1-4H3,(H,19,23)(H,20,24)(H,26,27). The first-order chi connectivity index (χ1) is 12.6. The molecule has 1 aliphatic heterocycles. The molecule has 27 heavy (non-hydrogen) atoms. The Balaban J connectivity index is 2.29. The van der Waals surface area contributed by atoms with Crippen molar-refractivity contribution in [1.29, 1.82) is 0 Å². The molecule has 9 nitrogen and oxygen atoms in total. The molecule has 9 heteroatoms. The highest BCUT2D eigenvalue weighted by Gasteiger charge is 2.30. The van der Waals surface area contributed by atoms with Gasteiger partial charge >= 0.3 is 5.97 Å². The van der Waals surface area contributed by atoms with Crippen LogP contribution in [0.5, 0.6) is 0 Å². The SMILES string of the molecule is CC(=O)NCCN(C(=O)c1ccc2c(c1)NC(=O)C(C)N2C)C(C)C(=O)O. The van der Waals surface area contributed by atoms with Gasteiger partial charge in [0, 0.05) is 32.6 Å². The smallest absolute Gasteiger partial charge is 0.326 e. The molecule has 146 valence electrons. The van der Waals surface area contributed by atoms with E-state index in [4.69, 9.17) is 0 Å². The Hall–Kier alpha value is -3.10. The number of carbonyl (C=O) groups is 4. The van der Waals surface area contributed by atoms with Crippen molar-refractivity contribution in [3.05, 3.63) is 23.8 Å². The lowest BCUT2D eigenvalue weighted by atomic mass is 10.1. The van der Waals surface area contributed by atoms with E-state index < -0.39 is 17.9 Å². The summed E-state index contributed by atoms with van der Waals surface area (Å²) in [6.07, 6.45) is 0. The molecule has 0 radical (unpaired) electrons. The minimum Gasteiger partial charge on any atom is -0.480 e. The van der Waals surface area contributed by atoms with Gasteiger partial charge < -0.3 is 25.5 Å². The van der Waals surface area contributed by atoms with Crippen LogP contribution in [0.4, 0.5) is 11.4 Å². The number of carboxylic acids is 1. The van der Waals surface area contributed by atoms with Crippen molar-refractivity contribution in [2.45, 2.75) is 32.9 Å². The lowest BCUT2D eigenvalue weighted by molar-refractivity contribution is -0.141. The average Bonchev–Trinajstić information content (AvgIpc) is 2.61. The van der Waals surface area contributed by atoms with Gasteiger partial charge in [0.25, 0.3) is 5.91 Å². The highest BCUT2D eigenvalue weighted by molar-refractivity contribution is 6.05. The number of carbonyl (C=O) groups excluding carboxylic acids is 3. The number of benzene rings is 1. The van der Waals surface area contributed by atoms with Gasteiger partial charge in [-0.15, -0.1) is 0 Å². The normalized spacial score (nSPS) is 16.8. The van der Waals surface area contributed by atoms with E-state index in [1.807, 2.05) is 0 Å². The number of hydrogen-bond acceptors (Lipinski definition) is 5. The summed E-state index contributed by atoms with van der Waals surface area (Å²) in [6.45, 7) is 4.71. The summed E-state index contributed by atoms with van der Waals surface area (Å²) in [5, 5.41) is 14.6. The van der Waals surface area contributed by atoms with E-state index in [-0.39, 0.29) is 36.5 Å². The van der Waals surface area contributed by atoms with Gasteiger partial charge in [0.15, 0.2) is 0 Å². The zero-order valence-electron chi connectivity index (χ0n) is 15.8. The average molecular weight is 376 g/mol. The van der Waals surface area contributed by atoms with Crippen molar-refractivity contribution in [3.63, 3.8) is 0 Å². The fraction of sp³-hybridized carbons (Fsp3) is 0.444. The van der Waals surface area contributed by atoms with Gasteiger partial charge in [-0.05, 0) is 32.0 Å². The number of anilines is 2. The Bertz CT molecular complexity index is 779. The Morgan fingerprint density at radius 2 is 2.04 bits per heavy atom. The summed E-state index contributed by atoms with van der Waals surface area (Å²) < 4.78 is 0. The molecule has 1 aromatic rings. The second-order valence-electron chi connectivity index (χ2n) is 6.50. The largest absolute Gasteiger partial charge is 0.480 e. The van der Waals surface area contributed by atoms with Crippen LogP contribution in [-0.4, -0.2) is 65.9 Å². The number of aliphatic carboxylic acids is 1. The molecule has 1 aromatic carbocycles. The monoisotopic (exact) mass is 376 g/mol. The predicted molar refractivity (Wildman–Crippen MR) is 99.8 cm³/mol. The Morgan fingerprint density at radius 1 is 1.37 bits per heavy atom. The van der Waals surface area contributed by atoms with Crippen LogP contribution in [0.3, 0.4) is 0 Å². The Morgan fingerprint density at radius 3 is 2.63 bits per heavy atom. The van der Waals surface area contributed by atoms with Gasteiger partial charge in [-0.1, -0.05) is 0 Å². The fourth-order valence-corrected chi connectivity index (χ4v) is 2.82.